The van der Waals surface area contributed by atoms with Crippen molar-refractivity contribution < 1.29 is 37.0 Å². The number of nitrogens with two attached hydrogens (primary N) is 1. The number of ketones is 1. The number of imide groups is 1. The number of aryl methyl sites for hydroxylation is 1. The molecule has 5 heterocycles. The number of hydrogen-bond acceptors (Lipinski definition) is 8. The zero-order valence-electron chi connectivity index (χ0n) is 24.1. The number of hydrogen-bond donors (Lipinski definition) is 3. The van der Waals surface area contributed by atoms with Gasteiger partial charge in [-0.2, -0.15) is 5.10 Å². The second kappa shape index (κ2) is 10.7. The third-order valence-electron chi connectivity index (χ3n) is 8.14. The van der Waals surface area contributed by atoms with E-state index in [2.05, 4.69) is 20.4 Å². The van der Waals surface area contributed by atoms with E-state index < -0.39 is 46.5 Å². The topological polar surface area (TPSA) is 157 Å². The summed E-state index contributed by atoms with van der Waals surface area (Å²) in [5.74, 6) is -4.43. The lowest BCUT2D eigenvalue weighted by molar-refractivity contribution is -0.125. The largest absolute Gasteiger partial charge is 0.433 e. The summed E-state index contributed by atoms with van der Waals surface area (Å²) in [6, 6.07) is 7.87. The van der Waals surface area contributed by atoms with Crippen molar-refractivity contribution in [2.75, 3.05) is 23.8 Å². The SMILES string of the molecule is Cc1cc(Oc2c(F)cccc2F)ncc1-n1ncc(C(=O)c2cc3cc(F)c(N4C(=O)NC5(CCOCC5)C4=O)cc3[nH]2)c1N. The predicted molar refractivity (Wildman–Crippen MR) is 157 cm³/mol. The van der Waals surface area contributed by atoms with Gasteiger partial charge in [0.15, 0.2) is 11.6 Å². The van der Waals surface area contributed by atoms with Crippen LogP contribution in [0.2, 0.25) is 0 Å². The molecule has 12 nitrogen and oxygen atoms in total. The molecule has 0 saturated carbocycles. The smallest absolute Gasteiger partial charge is 0.329 e. The third-order valence-corrected chi connectivity index (χ3v) is 8.14. The van der Waals surface area contributed by atoms with Gasteiger partial charge in [0.25, 0.3) is 5.91 Å². The average Bonchev–Trinajstić information content (AvgIpc) is 3.68. The number of amides is 3. The van der Waals surface area contributed by atoms with Crippen LogP contribution in [0.15, 0.2) is 54.9 Å². The molecule has 3 amide bonds. The highest BCUT2D eigenvalue weighted by Crippen LogP contribution is 2.35. The minimum atomic E-state index is -1.15. The van der Waals surface area contributed by atoms with Crippen LogP contribution in [0.5, 0.6) is 11.6 Å². The number of aromatic nitrogens is 4. The van der Waals surface area contributed by atoms with Crippen LogP contribution in [-0.4, -0.2) is 56.2 Å². The van der Waals surface area contributed by atoms with Crippen LogP contribution in [0.25, 0.3) is 16.6 Å². The minimum absolute atomic E-state index is 0.0240. The van der Waals surface area contributed by atoms with Crippen molar-refractivity contribution in [2.45, 2.75) is 25.3 Å². The number of H-pyrrole nitrogens is 1. The number of pyridine rings is 1. The lowest BCUT2D eigenvalue weighted by Crippen LogP contribution is -2.51. The predicted octanol–water partition coefficient (Wildman–Crippen LogP) is 4.69. The number of nitrogens with one attached hydrogen (secondary N) is 2. The van der Waals surface area contributed by atoms with Gasteiger partial charge in [0.05, 0.1) is 35.0 Å². The van der Waals surface area contributed by atoms with Gasteiger partial charge in [-0.25, -0.2) is 32.5 Å². The Morgan fingerprint density at radius 3 is 2.48 bits per heavy atom. The molecule has 5 aromatic rings. The lowest BCUT2D eigenvalue weighted by Gasteiger charge is -2.30. The minimum Gasteiger partial charge on any atom is -0.433 e. The van der Waals surface area contributed by atoms with E-state index in [1.165, 1.54) is 41.3 Å². The zero-order valence-corrected chi connectivity index (χ0v) is 24.1. The molecule has 2 fully saturated rings. The maximum atomic E-state index is 15.3. The van der Waals surface area contributed by atoms with E-state index in [-0.39, 0.29) is 54.7 Å². The average molecular weight is 632 g/mol. The summed E-state index contributed by atoms with van der Waals surface area (Å²) in [7, 11) is 0. The van der Waals surface area contributed by atoms with Gasteiger partial charge in [0.2, 0.25) is 17.4 Å². The number of nitrogens with zero attached hydrogens (tertiary/aromatic N) is 4. The first-order valence-electron chi connectivity index (χ1n) is 14.1. The molecule has 46 heavy (non-hydrogen) atoms. The van der Waals surface area contributed by atoms with Crippen molar-refractivity contribution in [1.29, 1.82) is 0 Å². The van der Waals surface area contributed by atoms with Gasteiger partial charge < -0.3 is 25.5 Å². The Bertz CT molecular complexity index is 2070. The van der Waals surface area contributed by atoms with Crippen molar-refractivity contribution in [3.63, 3.8) is 0 Å². The number of anilines is 2. The molecule has 0 unspecified atom stereocenters. The van der Waals surface area contributed by atoms with Crippen molar-refractivity contribution in [2.24, 2.45) is 0 Å². The Kier molecular flexibility index (Phi) is 6.77. The summed E-state index contributed by atoms with van der Waals surface area (Å²) < 4.78 is 55.2. The monoisotopic (exact) mass is 631 g/mol. The number of rotatable bonds is 6. The van der Waals surface area contributed by atoms with Crippen LogP contribution < -0.4 is 20.7 Å². The first kappa shape index (κ1) is 29.0. The van der Waals surface area contributed by atoms with Crippen molar-refractivity contribution in [3.8, 4) is 17.3 Å². The summed E-state index contributed by atoms with van der Waals surface area (Å²) in [5.41, 5.74) is 6.20. The molecule has 0 aliphatic carbocycles. The number of benzene rings is 2. The van der Waals surface area contributed by atoms with Gasteiger partial charge in [-0.1, -0.05) is 6.07 Å². The maximum Gasteiger partial charge on any atom is 0.329 e. The molecular formula is C31H24F3N7O5. The maximum absolute atomic E-state index is 15.3. The summed E-state index contributed by atoms with van der Waals surface area (Å²) in [6.45, 7) is 2.24. The number of nitrogen functional groups attached to an aromatic ring is 1. The highest BCUT2D eigenvalue weighted by atomic mass is 19.1. The number of para-hydroxylation sites is 1. The molecule has 0 bridgehead atoms. The molecule has 2 aliphatic heterocycles. The number of aromatic amines is 1. The van der Waals surface area contributed by atoms with Crippen molar-refractivity contribution in [1.82, 2.24) is 25.1 Å². The number of carbonyl (C=O) groups is 3. The standard InChI is InChI=1S/C31H24F3N7O5/c1-15-9-25(46-27-18(32)3-2-4-19(27)33)36-14-24(15)41-28(35)17(13-37-41)26(42)22-11-16-10-20(34)23(12-21(16)38-22)40-29(43)31(39-30(40)44)5-7-45-8-6-31/h2-4,9-14,38H,5-8,35H2,1H3,(H,39,44). The molecule has 4 N–H and O–H groups in total. The lowest BCUT2D eigenvalue weighted by atomic mass is 9.90. The van der Waals surface area contributed by atoms with Gasteiger partial charge in [-0.15, -0.1) is 0 Å². The van der Waals surface area contributed by atoms with Crippen LogP contribution in [0.4, 0.5) is 29.5 Å². The summed E-state index contributed by atoms with van der Waals surface area (Å²) >= 11 is 0. The van der Waals surface area contributed by atoms with Crippen molar-refractivity contribution in [3.05, 3.63) is 89.1 Å². The summed E-state index contributed by atoms with van der Waals surface area (Å²) in [4.78, 5) is 47.4. The number of carbonyl (C=O) groups excluding carboxylic acids is 3. The Hall–Kier alpha value is -5.70. The van der Waals surface area contributed by atoms with Gasteiger partial charge in [0.1, 0.15) is 17.2 Å². The molecule has 0 atom stereocenters. The summed E-state index contributed by atoms with van der Waals surface area (Å²) in [5, 5.41) is 7.24. The van der Waals surface area contributed by atoms with Crippen LogP contribution >= 0.6 is 0 Å². The second-order valence-corrected chi connectivity index (χ2v) is 11.0. The molecule has 2 saturated heterocycles. The molecule has 234 valence electrons. The number of ether oxygens (including phenoxy) is 2. The van der Waals surface area contributed by atoms with Gasteiger partial charge in [-0.05, 0) is 42.8 Å². The van der Waals surface area contributed by atoms with Crippen LogP contribution in [0.3, 0.4) is 0 Å². The number of urea groups is 1. The Morgan fingerprint density at radius 2 is 1.76 bits per heavy atom. The molecule has 3 aromatic heterocycles. The van der Waals surface area contributed by atoms with Crippen LogP contribution in [0, 0.1) is 24.4 Å². The van der Waals surface area contributed by atoms with Gasteiger partial charge in [-0.3, -0.25) is 9.59 Å². The Balaban J connectivity index is 1.15. The van der Waals surface area contributed by atoms with E-state index in [0.717, 1.165) is 23.1 Å². The van der Waals surface area contributed by atoms with E-state index in [0.29, 0.717) is 22.2 Å². The zero-order chi connectivity index (χ0) is 32.3. The molecule has 0 radical (unpaired) electrons. The van der Waals surface area contributed by atoms with Crippen LogP contribution in [0.1, 0.15) is 34.5 Å². The van der Waals surface area contributed by atoms with E-state index in [9.17, 15) is 23.2 Å². The van der Waals surface area contributed by atoms with E-state index in [1.54, 1.807) is 6.92 Å². The molecule has 2 aliphatic rings. The normalized spacial score (nSPS) is 16.0. The summed E-state index contributed by atoms with van der Waals surface area (Å²) in [6.07, 6.45) is 3.13. The second-order valence-electron chi connectivity index (χ2n) is 11.0. The number of halogens is 3. The van der Waals surface area contributed by atoms with Gasteiger partial charge >= 0.3 is 6.03 Å². The third kappa shape index (κ3) is 4.63. The van der Waals surface area contributed by atoms with Crippen molar-refractivity contribution >= 4 is 40.1 Å². The molecule has 2 aromatic carbocycles. The highest BCUT2D eigenvalue weighted by molar-refractivity contribution is 6.24. The highest BCUT2D eigenvalue weighted by Gasteiger charge is 2.53. The Labute approximate surface area is 257 Å². The fourth-order valence-corrected chi connectivity index (χ4v) is 5.69. The van der Waals surface area contributed by atoms with E-state index in [1.807, 2.05) is 0 Å². The van der Waals surface area contributed by atoms with Gasteiger partial charge in [0, 0.05) is 43.0 Å². The molecule has 15 heteroatoms. The van der Waals surface area contributed by atoms with E-state index in [4.69, 9.17) is 15.2 Å². The fraction of sp³-hybridized carbons (Fsp3) is 0.194. The fourth-order valence-electron chi connectivity index (χ4n) is 5.69. The first-order chi connectivity index (χ1) is 22.1. The molecule has 1 spiro atoms. The molecule has 7 rings (SSSR count). The number of fused-ring (bicyclic) bond motifs is 1. The molecular weight excluding hydrogens is 607 g/mol. The van der Waals surface area contributed by atoms with Crippen LogP contribution in [-0.2, 0) is 9.53 Å². The quantitative estimate of drug-likeness (QED) is 0.180. The Morgan fingerprint density at radius 1 is 1.02 bits per heavy atom. The van der Waals surface area contributed by atoms with E-state index >= 15 is 4.39 Å². The first-order valence-corrected chi connectivity index (χ1v) is 14.1.